The van der Waals surface area contributed by atoms with Gasteiger partial charge in [-0.2, -0.15) is 0 Å². The minimum Gasteiger partial charge on any atom is -0.490 e. The van der Waals surface area contributed by atoms with Crippen LogP contribution in [0.25, 0.3) is 0 Å². The van der Waals surface area contributed by atoms with Gasteiger partial charge in [-0.05, 0) is 42.5 Å². The van der Waals surface area contributed by atoms with Crippen LogP contribution in [-0.4, -0.2) is 32.1 Å². The zero-order valence-electron chi connectivity index (χ0n) is 15.9. The second kappa shape index (κ2) is 9.89. The Morgan fingerprint density at radius 2 is 1.55 bits per heavy atom. The Labute approximate surface area is 178 Å². The number of amides is 1. The van der Waals surface area contributed by atoms with Crippen LogP contribution < -0.4 is 9.64 Å². The van der Waals surface area contributed by atoms with Gasteiger partial charge in [0.15, 0.2) is 0 Å². The number of rotatable bonds is 7. The lowest BCUT2D eigenvalue weighted by molar-refractivity contribution is 0.0447. The third kappa shape index (κ3) is 5.45. The first kappa shape index (κ1) is 20.6. The number of hydrogen-bond acceptors (Lipinski definition) is 4. The lowest BCUT2D eigenvalue weighted by atomic mass is 10.1. The number of para-hydroxylation sites is 1. The summed E-state index contributed by atoms with van der Waals surface area (Å²) in [5, 5.41) is 0. The minimum atomic E-state index is -0.562. The summed E-state index contributed by atoms with van der Waals surface area (Å²) in [5.74, 6) is -0.169. The highest BCUT2D eigenvalue weighted by Crippen LogP contribution is 2.19. The van der Waals surface area contributed by atoms with Crippen LogP contribution in [-0.2, 0) is 4.74 Å². The van der Waals surface area contributed by atoms with E-state index in [9.17, 15) is 9.59 Å². The van der Waals surface area contributed by atoms with Crippen molar-refractivity contribution in [3.8, 4) is 5.75 Å². The van der Waals surface area contributed by atoms with Gasteiger partial charge in [-0.25, -0.2) is 4.79 Å². The summed E-state index contributed by atoms with van der Waals surface area (Å²) in [5.41, 5.74) is 1.25. The fourth-order valence-corrected chi connectivity index (χ4v) is 3.10. The molecule has 0 aliphatic carbocycles. The van der Waals surface area contributed by atoms with Crippen LogP contribution in [0, 0.1) is 0 Å². The summed E-state index contributed by atoms with van der Waals surface area (Å²) in [7, 11) is 1.67. The molecule has 0 aromatic heterocycles. The van der Waals surface area contributed by atoms with Crippen LogP contribution in [0.5, 0.6) is 5.75 Å². The van der Waals surface area contributed by atoms with Gasteiger partial charge in [-0.1, -0.05) is 52.3 Å². The van der Waals surface area contributed by atoms with Crippen LogP contribution in [0.3, 0.4) is 0 Å². The average Bonchev–Trinajstić information content (AvgIpc) is 2.76. The first-order valence-corrected chi connectivity index (χ1v) is 9.83. The Hall–Kier alpha value is -3.12. The number of hydrogen-bond donors (Lipinski definition) is 0. The van der Waals surface area contributed by atoms with Crippen molar-refractivity contribution < 1.29 is 19.1 Å². The van der Waals surface area contributed by atoms with Crippen LogP contribution >= 0.6 is 15.9 Å². The molecule has 0 aliphatic heterocycles. The Bertz CT molecular complexity index is 991. The number of halogens is 1. The molecule has 0 aliphatic rings. The number of anilines is 1. The Kier molecular flexibility index (Phi) is 7.03. The van der Waals surface area contributed by atoms with Crippen molar-refractivity contribution in [2.24, 2.45) is 0 Å². The van der Waals surface area contributed by atoms with Crippen LogP contribution in [0.15, 0.2) is 83.3 Å². The van der Waals surface area contributed by atoms with Gasteiger partial charge >= 0.3 is 5.97 Å². The Morgan fingerprint density at radius 1 is 0.862 bits per heavy atom. The fraction of sp³-hybridized carbons (Fsp3) is 0.130. The van der Waals surface area contributed by atoms with E-state index in [4.69, 9.17) is 9.47 Å². The van der Waals surface area contributed by atoms with Crippen LogP contribution in [0.4, 0.5) is 5.69 Å². The minimum absolute atomic E-state index is 0.0718. The number of carbonyl (C=O) groups is 2. The van der Waals surface area contributed by atoms with Gasteiger partial charge in [0.05, 0.1) is 11.1 Å². The molecule has 0 atom stereocenters. The molecule has 29 heavy (non-hydrogen) atoms. The number of carbonyl (C=O) groups excluding carboxylic acids is 2. The molecule has 0 heterocycles. The van der Waals surface area contributed by atoms with E-state index in [0.717, 1.165) is 10.2 Å². The molecule has 0 N–H and O–H groups in total. The van der Waals surface area contributed by atoms with Crippen molar-refractivity contribution in [3.63, 3.8) is 0 Å². The van der Waals surface area contributed by atoms with Crippen molar-refractivity contribution in [2.75, 3.05) is 25.2 Å². The largest absolute Gasteiger partial charge is 0.490 e. The van der Waals surface area contributed by atoms with E-state index < -0.39 is 5.97 Å². The molecule has 1 amide bonds. The summed E-state index contributed by atoms with van der Waals surface area (Å²) in [6.07, 6.45) is 0. The van der Waals surface area contributed by atoms with Gasteiger partial charge in [0.1, 0.15) is 19.0 Å². The molecular weight excluding hydrogens is 434 g/mol. The highest BCUT2D eigenvalue weighted by molar-refractivity contribution is 9.10. The molecular formula is C23H20BrNO4. The van der Waals surface area contributed by atoms with Gasteiger partial charge in [0.2, 0.25) is 0 Å². The standard InChI is InChI=1S/C23H20BrNO4/c1-25(18-9-3-2-4-10-18)22(26)20-12-5-6-13-21(20)23(27)29-15-14-28-19-11-7-8-17(24)16-19/h2-13,16H,14-15H2,1H3. The smallest absolute Gasteiger partial charge is 0.339 e. The monoisotopic (exact) mass is 453 g/mol. The predicted octanol–water partition coefficient (Wildman–Crippen LogP) is 4.96. The molecule has 0 bridgehead atoms. The molecule has 6 heteroatoms. The molecule has 0 saturated carbocycles. The number of ether oxygens (including phenoxy) is 2. The molecule has 148 valence electrons. The van der Waals surface area contributed by atoms with E-state index in [1.807, 2.05) is 54.6 Å². The van der Waals surface area contributed by atoms with E-state index in [-0.39, 0.29) is 30.2 Å². The molecule has 3 aromatic rings. The molecule has 0 spiro atoms. The quantitative estimate of drug-likeness (QED) is 0.374. The predicted molar refractivity (Wildman–Crippen MR) is 116 cm³/mol. The molecule has 0 saturated heterocycles. The second-order valence-electron chi connectivity index (χ2n) is 6.19. The molecule has 3 rings (SSSR count). The second-order valence-corrected chi connectivity index (χ2v) is 7.10. The molecule has 3 aromatic carbocycles. The van der Waals surface area contributed by atoms with E-state index in [2.05, 4.69) is 15.9 Å². The van der Waals surface area contributed by atoms with Crippen LogP contribution in [0.1, 0.15) is 20.7 Å². The molecule has 0 unspecified atom stereocenters. The lowest BCUT2D eigenvalue weighted by Gasteiger charge is -2.18. The van der Waals surface area contributed by atoms with E-state index in [0.29, 0.717) is 5.75 Å². The molecule has 0 radical (unpaired) electrons. The third-order valence-electron chi connectivity index (χ3n) is 4.21. The Balaban J connectivity index is 1.63. The zero-order valence-corrected chi connectivity index (χ0v) is 17.5. The van der Waals surface area contributed by atoms with Gasteiger partial charge in [0.25, 0.3) is 5.91 Å². The summed E-state index contributed by atoms with van der Waals surface area (Å²) in [6.45, 7) is 0.282. The van der Waals surface area contributed by atoms with Crippen molar-refractivity contribution in [3.05, 3.63) is 94.5 Å². The van der Waals surface area contributed by atoms with Gasteiger partial charge < -0.3 is 14.4 Å². The number of benzene rings is 3. The highest BCUT2D eigenvalue weighted by Gasteiger charge is 2.21. The summed E-state index contributed by atoms with van der Waals surface area (Å²) in [6, 6.07) is 23.3. The normalized spacial score (nSPS) is 10.3. The van der Waals surface area contributed by atoms with Crippen molar-refractivity contribution >= 4 is 33.5 Å². The first-order chi connectivity index (χ1) is 14.1. The topological polar surface area (TPSA) is 55.8 Å². The maximum absolute atomic E-state index is 12.9. The number of esters is 1. The van der Waals surface area contributed by atoms with Crippen molar-refractivity contribution in [2.45, 2.75) is 0 Å². The fourth-order valence-electron chi connectivity index (χ4n) is 2.73. The Morgan fingerprint density at radius 3 is 2.28 bits per heavy atom. The number of nitrogens with zero attached hydrogens (tertiary/aromatic N) is 1. The maximum atomic E-state index is 12.9. The van der Waals surface area contributed by atoms with Gasteiger partial charge in [0, 0.05) is 17.2 Å². The summed E-state index contributed by atoms with van der Waals surface area (Å²) in [4.78, 5) is 26.9. The van der Waals surface area contributed by atoms with Crippen molar-refractivity contribution in [1.29, 1.82) is 0 Å². The summed E-state index contributed by atoms with van der Waals surface area (Å²) >= 11 is 3.37. The average molecular weight is 454 g/mol. The summed E-state index contributed by atoms with van der Waals surface area (Å²) < 4.78 is 11.8. The molecule has 0 fully saturated rings. The van der Waals surface area contributed by atoms with Crippen LogP contribution in [0.2, 0.25) is 0 Å². The first-order valence-electron chi connectivity index (χ1n) is 9.04. The van der Waals surface area contributed by atoms with Gasteiger partial charge in [-0.15, -0.1) is 0 Å². The van der Waals surface area contributed by atoms with E-state index in [1.165, 1.54) is 4.90 Å². The highest BCUT2D eigenvalue weighted by atomic mass is 79.9. The van der Waals surface area contributed by atoms with E-state index >= 15 is 0 Å². The zero-order chi connectivity index (χ0) is 20.6. The third-order valence-corrected chi connectivity index (χ3v) is 4.70. The van der Waals surface area contributed by atoms with E-state index in [1.54, 1.807) is 31.3 Å². The lowest BCUT2D eigenvalue weighted by Crippen LogP contribution is -2.28. The van der Waals surface area contributed by atoms with Gasteiger partial charge in [-0.3, -0.25) is 4.79 Å². The molecule has 5 nitrogen and oxygen atoms in total. The maximum Gasteiger partial charge on any atom is 0.339 e. The SMILES string of the molecule is CN(C(=O)c1ccccc1C(=O)OCCOc1cccc(Br)c1)c1ccccc1. The van der Waals surface area contributed by atoms with Crippen molar-refractivity contribution in [1.82, 2.24) is 0 Å².